The highest BCUT2D eigenvalue weighted by Crippen LogP contribution is 2.29. The zero-order chi connectivity index (χ0) is 16.4. The molecule has 122 valence electrons. The lowest BCUT2D eigenvalue weighted by molar-refractivity contribution is 0.0724. The fourth-order valence-corrected chi connectivity index (χ4v) is 3.11. The van der Waals surface area contributed by atoms with Crippen LogP contribution in [0.2, 0.25) is 0 Å². The van der Waals surface area contributed by atoms with E-state index in [1.165, 1.54) is 6.07 Å². The molecule has 1 aliphatic rings. The third-order valence-electron chi connectivity index (χ3n) is 4.25. The normalized spacial score (nSPS) is 13.2. The quantitative estimate of drug-likeness (QED) is 0.917. The number of carbonyl (C=O) groups is 1. The predicted molar refractivity (Wildman–Crippen MR) is 84.2 cm³/mol. The van der Waals surface area contributed by atoms with Gasteiger partial charge in [0.05, 0.1) is 6.61 Å². The zero-order valence-electron chi connectivity index (χ0n) is 13.1. The van der Waals surface area contributed by atoms with Crippen molar-refractivity contribution >= 4 is 5.91 Å². The van der Waals surface area contributed by atoms with E-state index in [-0.39, 0.29) is 24.9 Å². The molecular weight excluding hydrogens is 297 g/mol. The van der Waals surface area contributed by atoms with Crippen LogP contribution in [0.15, 0.2) is 24.3 Å². The Hall–Kier alpha value is -2.21. The first kappa shape index (κ1) is 15.7. The van der Waals surface area contributed by atoms with Crippen LogP contribution in [-0.2, 0) is 12.8 Å². The van der Waals surface area contributed by atoms with E-state index in [9.17, 15) is 9.18 Å². The lowest BCUT2D eigenvalue weighted by atomic mass is 10.2. The van der Waals surface area contributed by atoms with E-state index < -0.39 is 0 Å². The summed E-state index contributed by atoms with van der Waals surface area (Å²) in [5.41, 5.74) is 2.58. The largest absolute Gasteiger partial charge is 0.395 e. The molecule has 1 aliphatic carbocycles. The summed E-state index contributed by atoms with van der Waals surface area (Å²) in [5.74, 6) is -0.554. The molecule has 1 aromatic heterocycles. The maximum atomic E-state index is 14.1. The van der Waals surface area contributed by atoms with E-state index >= 15 is 0 Å². The van der Waals surface area contributed by atoms with Gasteiger partial charge >= 0.3 is 0 Å². The van der Waals surface area contributed by atoms with Crippen molar-refractivity contribution in [2.45, 2.75) is 26.2 Å². The van der Waals surface area contributed by atoms with Crippen molar-refractivity contribution in [1.82, 2.24) is 14.7 Å². The van der Waals surface area contributed by atoms with Crippen LogP contribution >= 0.6 is 0 Å². The maximum Gasteiger partial charge on any atom is 0.274 e. The highest BCUT2D eigenvalue weighted by Gasteiger charge is 2.29. The van der Waals surface area contributed by atoms with Gasteiger partial charge in [0, 0.05) is 24.3 Å². The summed E-state index contributed by atoms with van der Waals surface area (Å²) in [6, 6.07) is 6.45. The van der Waals surface area contributed by atoms with Crippen LogP contribution in [-0.4, -0.2) is 45.4 Å². The molecule has 1 heterocycles. The van der Waals surface area contributed by atoms with Crippen LogP contribution in [0.5, 0.6) is 0 Å². The highest BCUT2D eigenvalue weighted by molar-refractivity contribution is 5.94. The van der Waals surface area contributed by atoms with Crippen molar-refractivity contribution in [2.75, 3.05) is 19.7 Å². The number of likely N-dealkylation sites (N-methyl/N-ethyl adjacent to an activating group) is 1. The monoisotopic (exact) mass is 317 g/mol. The Morgan fingerprint density at radius 2 is 2.17 bits per heavy atom. The Bertz CT molecular complexity index is 727. The Balaban J connectivity index is 2.06. The van der Waals surface area contributed by atoms with Gasteiger partial charge in [-0.15, -0.1) is 0 Å². The predicted octanol–water partition coefficient (Wildman–Crippen LogP) is 1.95. The molecule has 3 rings (SSSR count). The molecular formula is C17H20FN3O2. The molecule has 0 spiro atoms. The lowest BCUT2D eigenvalue weighted by Gasteiger charge is -2.18. The number of para-hydroxylation sites is 1. The third-order valence-corrected chi connectivity index (χ3v) is 4.25. The van der Waals surface area contributed by atoms with Crippen molar-refractivity contribution in [3.05, 3.63) is 47.0 Å². The number of benzene rings is 1. The molecule has 2 aromatic rings. The van der Waals surface area contributed by atoms with Gasteiger partial charge in [-0.25, -0.2) is 9.07 Å². The van der Waals surface area contributed by atoms with Gasteiger partial charge < -0.3 is 10.0 Å². The molecule has 0 radical (unpaired) electrons. The summed E-state index contributed by atoms with van der Waals surface area (Å²) in [5, 5.41) is 13.5. The first-order valence-electron chi connectivity index (χ1n) is 7.93. The van der Waals surface area contributed by atoms with E-state index in [0.29, 0.717) is 17.9 Å². The fraction of sp³-hybridized carbons (Fsp3) is 0.412. The summed E-state index contributed by atoms with van der Waals surface area (Å²) < 4.78 is 15.7. The minimum atomic E-state index is -0.355. The Kier molecular flexibility index (Phi) is 4.43. The number of aliphatic hydroxyl groups is 1. The lowest BCUT2D eigenvalue weighted by Crippen LogP contribution is -2.34. The number of fused-ring (bicyclic) bond motifs is 1. The van der Waals surface area contributed by atoms with Crippen molar-refractivity contribution < 1.29 is 14.3 Å². The maximum absolute atomic E-state index is 14.1. The Labute approximate surface area is 134 Å². The highest BCUT2D eigenvalue weighted by atomic mass is 19.1. The van der Waals surface area contributed by atoms with Crippen LogP contribution in [0.1, 0.15) is 35.1 Å². The second-order valence-corrected chi connectivity index (χ2v) is 5.60. The van der Waals surface area contributed by atoms with E-state index in [4.69, 9.17) is 5.11 Å². The SMILES string of the molecule is CCN(CCO)C(=O)c1nn(-c2ccccc2F)c2c1CCC2. The number of halogens is 1. The van der Waals surface area contributed by atoms with Crippen LogP contribution in [0.25, 0.3) is 5.69 Å². The smallest absolute Gasteiger partial charge is 0.274 e. The topological polar surface area (TPSA) is 58.4 Å². The van der Waals surface area contributed by atoms with Crippen LogP contribution in [0.4, 0.5) is 4.39 Å². The molecule has 1 aromatic carbocycles. The summed E-state index contributed by atoms with van der Waals surface area (Å²) in [4.78, 5) is 14.3. The van der Waals surface area contributed by atoms with E-state index in [1.54, 1.807) is 27.8 Å². The zero-order valence-corrected chi connectivity index (χ0v) is 13.1. The van der Waals surface area contributed by atoms with Crippen molar-refractivity contribution in [3.63, 3.8) is 0 Å². The fourth-order valence-electron chi connectivity index (χ4n) is 3.11. The number of carbonyl (C=O) groups excluding carboxylic acids is 1. The van der Waals surface area contributed by atoms with E-state index in [0.717, 1.165) is 30.5 Å². The number of rotatable bonds is 5. The van der Waals surface area contributed by atoms with Crippen LogP contribution in [0, 0.1) is 5.82 Å². The average molecular weight is 317 g/mol. The summed E-state index contributed by atoms with van der Waals surface area (Å²) in [6.45, 7) is 2.55. The van der Waals surface area contributed by atoms with Crippen molar-refractivity contribution in [3.8, 4) is 5.69 Å². The molecule has 0 unspecified atom stereocenters. The first-order valence-corrected chi connectivity index (χ1v) is 7.93. The van der Waals surface area contributed by atoms with Gasteiger partial charge in [0.2, 0.25) is 0 Å². The first-order chi connectivity index (χ1) is 11.2. The van der Waals surface area contributed by atoms with Gasteiger partial charge in [-0.05, 0) is 38.3 Å². The van der Waals surface area contributed by atoms with Gasteiger partial charge in [-0.3, -0.25) is 4.79 Å². The minimum absolute atomic E-state index is 0.0875. The molecule has 0 aliphatic heterocycles. The Morgan fingerprint density at radius 1 is 1.39 bits per heavy atom. The van der Waals surface area contributed by atoms with Gasteiger partial charge in [-0.1, -0.05) is 12.1 Å². The van der Waals surface area contributed by atoms with E-state index in [2.05, 4.69) is 5.10 Å². The van der Waals surface area contributed by atoms with Gasteiger partial charge in [-0.2, -0.15) is 5.10 Å². The van der Waals surface area contributed by atoms with Crippen LogP contribution < -0.4 is 0 Å². The molecule has 0 saturated carbocycles. The second kappa shape index (κ2) is 6.50. The van der Waals surface area contributed by atoms with Gasteiger partial charge in [0.15, 0.2) is 5.69 Å². The minimum Gasteiger partial charge on any atom is -0.395 e. The molecule has 5 nitrogen and oxygen atoms in total. The van der Waals surface area contributed by atoms with Crippen molar-refractivity contribution in [2.24, 2.45) is 0 Å². The number of nitrogens with zero attached hydrogens (tertiary/aromatic N) is 3. The summed E-state index contributed by atoms with van der Waals surface area (Å²) >= 11 is 0. The molecule has 23 heavy (non-hydrogen) atoms. The average Bonchev–Trinajstić information content (AvgIpc) is 3.15. The molecule has 0 atom stereocenters. The molecule has 0 saturated heterocycles. The molecule has 1 amide bonds. The Morgan fingerprint density at radius 3 is 2.87 bits per heavy atom. The second-order valence-electron chi connectivity index (χ2n) is 5.60. The number of aliphatic hydroxyl groups excluding tert-OH is 1. The molecule has 0 bridgehead atoms. The standard InChI is InChI=1S/C17H20FN3O2/c1-2-20(10-11-22)17(23)16-12-6-5-9-14(12)21(19-16)15-8-4-3-7-13(15)18/h3-4,7-8,22H,2,5-6,9-11H2,1H3. The number of aromatic nitrogens is 2. The number of hydrogen-bond donors (Lipinski definition) is 1. The van der Waals surface area contributed by atoms with Crippen molar-refractivity contribution in [1.29, 1.82) is 0 Å². The van der Waals surface area contributed by atoms with Crippen LogP contribution in [0.3, 0.4) is 0 Å². The summed E-state index contributed by atoms with van der Waals surface area (Å²) in [7, 11) is 0. The molecule has 1 N–H and O–H groups in total. The third kappa shape index (κ3) is 2.74. The van der Waals surface area contributed by atoms with Gasteiger partial charge in [0.25, 0.3) is 5.91 Å². The summed E-state index contributed by atoms with van der Waals surface area (Å²) in [6.07, 6.45) is 2.51. The number of hydrogen-bond acceptors (Lipinski definition) is 3. The molecule has 0 fully saturated rings. The molecule has 6 heteroatoms. The van der Waals surface area contributed by atoms with Gasteiger partial charge in [0.1, 0.15) is 11.5 Å². The van der Waals surface area contributed by atoms with E-state index in [1.807, 2.05) is 6.92 Å². The number of amides is 1.